The first kappa shape index (κ1) is 13.5. The molecule has 0 unspecified atom stereocenters. The molecule has 1 aromatic heterocycles. The molecule has 0 saturated carbocycles. The molecule has 0 saturated heterocycles. The van der Waals surface area contributed by atoms with Crippen LogP contribution in [-0.2, 0) is 13.2 Å². The number of rotatable bonds is 4. The molecule has 0 amide bonds. The number of fused-ring (bicyclic) bond motifs is 1. The zero-order valence-electron chi connectivity index (χ0n) is 11.4. The van der Waals surface area contributed by atoms with Gasteiger partial charge in [-0.3, -0.25) is 4.98 Å². The lowest BCUT2D eigenvalue weighted by atomic mass is 10.1. The summed E-state index contributed by atoms with van der Waals surface area (Å²) < 4.78 is 19.0. The van der Waals surface area contributed by atoms with Gasteiger partial charge in [0, 0.05) is 18.1 Å². The van der Waals surface area contributed by atoms with Crippen LogP contribution in [0.1, 0.15) is 11.1 Å². The minimum absolute atomic E-state index is 0.282. The minimum Gasteiger partial charge on any atom is -0.487 e. The van der Waals surface area contributed by atoms with Gasteiger partial charge >= 0.3 is 0 Å². The van der Waals surface area contributed by atoms with Gasteiger partial charge in [0.05, 0.1) is 0 Å². The molecule has 2 aromatic carbocycles. The average molecular weight is 282 g/mol. The third-order valence-electron chi connectivity index (χ3n) is 3.37. The molecule has 2 N–H and O–H groups in total. The molecule has 0 bridgehead atoms. The molecule has 0 aliphatic rings. The number of hydrogen-bond acceptors (Lipinski definition) is 3. The van der Waals surface area contributed by atoms with Crippen molar-refractivity contribution in [3.63, 3.8) is 0 Å². The summed E-state index contributed by atoms with van der Waals surface area (Å²) in [4.78, 5) is 4.34. The summed E-state index contributed by atoms with van der Waals surface area (Å²) in [6, 6.07) is 14.2. The standard InChI is InChI=1S/C17H15FN2O/c18-15-7-6-13(14(9-15)10-19)11-21-16-5-1-3-12-4-2-8-20-17(12)16/h1-9H,10-11,19H2. The molecule has 0 fully saturated rings. The Morgan fingerprint density at radius 3 is 2.76 bits per heavy atom. The van der Waals surface area contributed by atoms with Crippen molar-refractivity contribution >= 4 is 10.9 Å². The van der Waals surface area contributed by atoms with Crippen LogP contribution in [-0.4, -0.2) is 4.98 Å². The highest BCUT2D eigenvalue weighted by Gasteiger charge is 2.06. The highest BCUT2D eigenvalue weighted by Crippen LogP contribution is 2.24. The van der Waals surface area contributed by atoms with E-state index in [0.29, 0.717) is 12.4 Å². The topological polar surface area (TPSA) is 48.1 Å². The van der Waals surface area contributed by atoms with Crippen LogP contribution >= 0.6 is 0 Å². The SMILES string of the molecule is NCc1cc(F)ccc1COc1cccc2cccnc12. The van der Waals surface area contributed by atoms with E-state index in [1.54, 1.807) is 12.3 Å². The van der Waals surface area contributed by atoms with Crippen LogP contribution in [0.3, 0.4) is 0 Å². The highest BCUT2D eigenvalue weighted by molar-refractivity contribution is 5.84. The first-order valence-corrected chi connectivity index (χ1v) is 6.72. The Labute approximate surface area is 122 Å². The molecule has 0 spiro atoms. The second-order valence-electron chi connectivity index (χ2n) is 4.74. The first-order chi connectivity index (χ1) is 10.3. The Morgan fingerprint density at radius 2 is 1.90 bits per heavy atom. The molecular formula is C17H15FN2O. The van der Waals surface area contributed by atoms with E-state index in [1.165, 1.54) is 12.1 Å². The lowest BCUT2D eigenvalue weighted by molar-refractivity contribution is 0.308. The molecule has 21 heavy (non-hydrogen) atoms. The molecule has 106 valence electrons. The molecular weight excluding hydrogens is 267 g/mol. The zero-order chi connectivity index (χ0) is 14.7. The Kier molecular flexibility index (Phi) is 3.79. The fourth-order valence-electron chi connectivity index (χ4n) is 2.27. The molecule has 3 nitrogen and oxygen atoms in total. The van der Waals surface area contributed by atoms with E-state index in [2.05, 4.69) is 4.98 Å². The molecule has 0 aliphatic heterocycles. The van der Waals surface area contributed by atoms with Crippen LogP contribution in [0, 0.1) is 5.82 Å². The van der Waals surface area contributed by atoms with Crippen molar-refractivity contribution in [2.45, 2.75) is 13.2 Å². The number of benzene rings is 2. The number of nitrogens with two attached hydrogens (primary N) is 1. The van der Waals surface area contributed by atoms with Crippen LogP contribution in [0.25, 0.3) is 10.9 Å². The second kappa shape index (κ2) is 5.89. The number of pyridine rings is 1. The predicted molar refractivity (Wildman–Crippen MR) is 80.4 cm³/mol. The first-order valence-electron chi connectivity index (χ1n) is 6.72. The van der Waals surface area contributed by atoms with Crippen LogP contribution in [0.4, 0.5) is 4.39 Å². The van der Waals surface area contributed by atoms with Gasteiger partial charge in [0.1, 0.15) is 23.7 Å². The number of ether oxygens (including phenoxy) is 1. The van der Waals surface area contributed by atoms with Gasteiger partial charge in [0.15, 0.2) is 0 Å². The number of halogens is 1. The Balaban J connectivity index is 1.87. The van der Waals surface area contributed by atoms with E-state index in [1.807, 2.05) is 30.3 Å². The average Bonchev–Trinajstić information content (AvgIpc) is 2.53. The second-order valence-corrected chi connectivity index (χ2v) is 4.74. The van der Waals surface area contributed by atoms with Crippen molar-refractivity contribution in [2.75, 3.05) is 0 Å². The Bertz CT molecular complexity index is 768. The molecule has 3 rings (SSSR count). The van der Waals surface area contributed by atoms with Crippen molar-refractivity contribution in [3.8, 4) is 5.75 Å². The van der Waals surface area contributed by atoms with E-state index < -0.39 is 0 Å². The van der Waals surface area contributed by atoms with Gasteiger partial charge < -0.3 is 10.5 Å². The smallest absolute Gasteiger partial charge is 0.146 e. The summed E-state index contributed by atoms with van der Waals surface area (Å²) in [5.74, 6) is 0.423. The predicted octanol–water partition coefficient (Wildman–Crippen LogP) is 3.41. The Morgan fingerprint density at radius 1 is 1.05 bits per heavy atom. The number of para-hydroxylation sites is 1. The van der Waals surface area contributed by atoms with Crippen molar-refractivity contribution in [2.24, 2.45) is 5.73 Å². The van der Waals surface area contributed by atoms with Gasteiger partial charge in [0.2, 0.25) is 0 Å². The molecule has 0 atom stereocenters. The largest absolute Gasteiger partial charge is 0.487 e. The van der Waals surface area contributed by atoms with Crippen molar-refractivity contribution < 1.29 is 9.13 Å². The minimum atomic E-state index is -0.286. The van der Waals surface area contributed by atoms with Gasteiger partial charge in [-0.05, 0) is 35.4 Å². The molecule has 0 radical (unpaired) electrons. The maximum absolute atomic E-state index is 13.2. The van der Waals surface area contributed by atoms with E-state index in [-0.39, 0.29) is 12.4 Å². The van der Waals surface area contributed by atoms with Crippen LogP contribution in [0.2, 0.25) is 0 Å². The van der Waals surface area contributed by atoms with Crippen molar-refractivity contribution in [1.82, 2.24) is 4.98 Å². The third-order valence-corrected chi connectivity index (χ3v) is 3.37. The van der Waals surface area contributed by atoms with Gasteiger partial charge in [-0.2, -0.15) is 0 Å². The fourth-order valence-corrected chi connectivity index (χ4v) is 2.27. The molecule has 4 heteroatoms. The maximum Gasteiger partial charge on any atom is 0.146 e. The van der Waals surface area contributed by atoms with E-state index in [9.17, 15) is 4.39 Å². The molecule has 3 aromatic rings. The Hall–Kier alpha value is -2.46. The van der Waals surface area contributed by atoms with Crippen LogP contribution in [0.5, 0.6) is 5.75 Å². The van der Waals surface area contributed by atoms with Gasteiger partial charge in [-0.25, -0.2) is 4.39 Å². The van der Waals surface area contributed by atoms with Crippen LogP contribution < -0.4 is 10.5 Å². The normalized spacial score (nSPS) is 10.8. The van der Waals surface area contributed by atoms with Gasteiger partial charge in [0.25, 0.3) is 0 Å². The summed E-state index contributed by atoms with van der Waals surface area (Å²) in [5, 5.41) is 1.02. The molecule has 0 aliphatic carbocycles. The van der Waals surface area contributed by atoms with E-state index in [4.69, 9.17) is 10.5 Å². The van der Waals surface area contributed by atoms with Crippen LogP contribution in [0.15, 0.2) is 54.7 Å². The summed E-state index contributed by atoms with van der Waals surface area (Å²) in [6.07, 6.45) is 1.73. The summed E-state index contributed by atoms with van der Waals surface area (Å²) >= 11 is 0. The zero-order valence-corrected chi connectivity index (χ0v) is 11.4. The summed E-state index contributed by atoms with van der Waals surface area (Å²) in [6.45, 7) is 0.618. The summed E-state index contributed by atoms with van der Waals surface area (Å²) in [5.41, 5.74) is 8.09. The summed E-state index contributed by atoms with van der Waals surface area (Å²) in [7, 11) is 0. The third kappa shape index (κ3) is 2.85. The van der Waals surface area contributed by atoms with E-state index >= 15 is 0 Å². The fraction of sp³-hybridized carbons (Fsp3) is 0.118. The quantitative estimate of drug-likeness (QED) is 0.797. The monoisotopic (exact) mass is 282 g/mol. The highest BCUT2D eigenvalue weighted by atomic mass is 19.1. The maximum atomic E-state index is 13.2. The lowest BCUT2D eigenvalue weighted by Crippen LogP contribution is -2.05. The lowest BCUT2D eigenvalue weighted by Gasteiger charge is -2.11. The van der Waals surface area contributed by atoms with Crippen molar-refractivity contribution in [1.29, 1.82) is 0 Å². The number of hydrogen-bond donors (Lipinski definition) is 1. The number of nitrogens with zero attached hydrogens (tertiary/aromatic N) is 1. The van der Waals surface area contributed by atoms with Gasteiger partial charge in [-0.1, -0.05) is 24.3 Å². The molecule has 1 heterocycles. The van der Waals surface area contributed by atoms with Crippen molar-refractivity contribution in [3.05, 3.63) is 71.7 Å². The van der Waals surface area contributed by atoms with E-state index in [0.717, 1.165) is 22.0 Å². The van der Waals surface area contributed by atoms with Gasteiger partial charge in [-0.15, -0.1) is 0 Å². The number of aromatic nitrogens is 1.